The molecule has 1 heterocycles. The number of aromatic nitrogens is 2. The lowest BCUT2D eigenvalue weighted by atomic mass is 10.2. The number of nitrogens with zero attached hydrogens (tertiary/aromatic N) is 2. The average molecular weight is 482 g/mol. The maximum atomic E-state index is 13.0. The van der Waals surface area contributed by atoms with E-state index in [1.165, 1.54) is 24.3 Å². The normalized spacial score (nSPS) is 12.1. The lowest BCUT2D eigenvalue weighted by Gasteiger charge is -2.07. The molecule has 3 aromatic rings. The van der Waals surface area contributed by atoms with Crippen LogP contribution < -0.4 is 5.32 Å². The fourth-order valence-corrected chi connectivity index (χ4v) is 4.92. The molecular weight excluding hydrogens is 461 g/mol. The number of amides is 1. The van der Waals surface area contributed by atoms with Gasteiger partial charge in [-0.25, -0.2) is 21.2 Å². The molecule has 170 valence electrons. The number of hydrogen-bond acceptors (Lipinski definition) is 8. The van der Waals surface area contributed by atoms with Crippen LogP contribution in [0.4, 0.5) is 10.4 Å². The molecule has 0 spiro atoms. The van der Waals surface area contributed by atoms with E-state index in [1.54, 1.807) is 13.8 Å². The Morgan fingerprint density at radius 1 is 0.969 bits per heavy atom. The summed E-state index contributed by atoms with van der Waals surface area (Å²) in [5.74, 6) is -1.67. The fraction of sp³-hybridized carbons (Fsp3) is 0.250. The number of nitrogens with one attached hydrogen (secondary N) is 1. The predicted molar refractivity (Wildman–Crippen MR) is 114 cm³/mol. The SMILES string of the molecule is CC(C)S(=O)(=O)c1ccc(-c2nnc(NC(=O)CCS(=O)(=O)c3ccc(F)cc3)o2)cc1. The molecule has 0 aliphatic heterocycles. The van der Waals surface area contributed by atoms with Crippen LogP contribution in [0.15, 0.2) is 62.7 Å². The summed E-state index contributed by atoms with van der Waals surface area (Å²) in [6, 6.07) is 9.93. The van der Waals surface area contributed by atoms with Crippen LogP contribution in [0.5, 0.6) is 0 Å². The van der Waals surface area contributed by atoms with Crippen molar-refractivity contribution in [2.45, 2.75) is 35.3 Å². The molecule has 1 amide bonds. The van der Waals surface area contributed by atoms with Gasteiger partial charge in [-0.05, 0) is 62.4 Å². The number of carbonyl (C=O) groups excluding carboxylic acids is 1. The number of benzene rings is 2. The van der Waals surface area contributed by atoms with Crippen LogP contribution in [0, 0.1) is 5.82 Å². The van der Waals surface area contributed by atoms with Crippen LogP contribution in [-0.2, 0) is 24.5 Å². The topological polar surface area (TPSA) is 136 Å². The third-order valence-corrected chi connectivity index (χ3v) is 8.39. The van der Waals surface area contributed by atoms with Gasteiger partial charge in [-0.1, -0.05) is 5.10 Å². The van der Waals surface area contributed by atoms with Crippen LogP contribution in [0.3, 0.4) is 0 Å². The summed E-state index contributed by atoms with van der Waals surface area (Å²) in [6.07, 6.45) is -0.376. The van der Waals surface area contributed by atoms with Crippen molar-refractivity contribution in [2.24, 2.45) is 0 Å². The maximum absolute atomic E-state index is 13.0. The first kappa shape index (κ1) is 23.5. The number of rotatable bonds is 8. The largest absolute Gasteiger partial charge is 0.403 e. The molecule has 1 N–H and O–H groups in total. The first-order valence-electron chi connectivity index (χ1n) is 9.45. The van der Waals surface area contributed by atoms with Crippen molar-refractivity contribution >= 4 is 31.6 Å². The Bertz CT molecular complexity index is 1320. The first-order valence-corrected chi connectivity index (χ1v) is 12.6. The smallest absolute Gasteiger partial charge is 0.322 e. The van der Waals surface area contributed by atoms with Crippen molar-refractivity contribution < 1.29 is 30.4 Å². The summed E-state index contributed by atoms with van der Waals surface area (Å²) >= 11 is 0. The Labute approximate surface area is 184 Å². The number of anilines is 1. The Kier molecular flexibility index (Phi) is 6.74. The Morgan fingerprint density at radius 2 is 1.56 bits per heavy atom. The highest BCUT2D eigenvalue weighted by molar-refractivity contribution is 7.92. The molecule has 0 saturated carbocycles. The van der Waals surface area contributed by atoms with E-state index in [4.69, 9.17) is 4.42 Å². The molecule has 1 aromatic heterocycles. The van der Waals surface area contributed by atoms with Gasteiger partial charge < -0.3 is 4.42 Å². The van der Waals surface area contributed by atoms with Gasteiger partial charge in [0.2, 0.25) is 11.8 Å². The summed E-state index contributed by atoms with van der Waals surface area (Å²) in [5.41, 5.74) is 0.444. The van der Waals surface area contributed by atoms with Gasteiger partial charge in [-0.15, -0.1) is 5.10 Å². The van der Waals surface area contributed by atoms with Gasteiger partial charge in [0.1, 0.15) is 5.82 Å². The highest BCUT2D eigenvalue weighted by Gasteiger charge is 2.20. The van der Waals surface area contributed by atoms with E-state index in [0.29, 0.717) is 5.56 Å². The van der Waals surface area contributed by atoms with Gasteiger partial charge in [-0.3, -0.25) is 10.1 Å². The molecule has 0 unspecified atom stereocenters. The fourth-order valence-electron chi connectivity index (χ4n) is 2.62. The van der Waals surface area contributed by atoms with E-state index in [2.05, 4.69) is 15.5 Å². The molecule has 0 atom stereocenters. The molecule has 3 rings (SSSR count). The first-order chi connectivity index (χ1) is 15.0. The third kappa shape index (κ3) is 5.37. The van der Waals surface area contributed by atoms with Crippen molar-refractivity contribution in [3.05, 3.63) is 54.3 Å². The van der Waals surface area contributed by atoms with Crippen molar-refractivity contribution in [2.75, 3.05) is 11.1 Å². The Balaban J connectivity index is 1.62. The van der Waals surface area contributed by atoms with E-state index in [-0.39, 0.29) is 28.1 Å². The van der Waals surface area contributed by atoms with Crippen LogP contribution in [0.1, 0.15) is 20.3 Å². The molecule has 9 nitrogen and oxygen atoms in total. The van der Waals surface area contributed by atoms with Crippen LogP contribution in [0.2, 0.25) is 0 Å². The summed E-state index contributed by atoms with van der Waals surface area (Å²) in [7, 11) is -7.19. The highest BCUT2D eigenvalue weighted by atomic mass is 32.2. The van der Waals surface area contributed by atoms with E-state index >= 15 is 0 Å². The zero-order valence-electron chi connectivity index (χ0n) is 17.1. The molecular formula is C20H20FN3O6S2. The molecule has 12 heteroatoms. The molecule has 0 saturated heterocycles. The summed E-state index contributed by atoms with van der Waals surface area (Å²) in [5, 5.41) is 9.23. The summed E-state index contributed by atoms with van der Waals surface area (Å²) in [4.78, 5) is 12.1. The second kappa shape index (κ2) is 9.17. The van der Waals surface area contributed by atoms with E-state index in [9.17, 15) is 26.0 Å². The van der Waals surface area contributed by atoms with E-state index in [0.717, 1.165) is 24.3 Å². The predicted octanol–water partition coefficient (Wildman–Crippen LogP) is 2.86. The van der Waals surface area contributed by atoms with Crippen molar-refractivity contribution in [1.29, 1.82) is 0 Å². The van der Waals surface area contributed by atoms with E-state index < -0.39 is 42.4 Å². The summed E-state index contributed by atoms with van der Waals surface area (Å²) in [6.45, 7) is 3.17. The molecule has 32 heavy (non-hydrogen) atoms. The molecule has 0 aliphatic rings. The number of sulfone groups is 2. The Hall–Kier alpha value is -3.12. The van der Waals surface area contributed by atoms with Gasteiger partial charge >= 0.3 is 6.01 Å². The van der Waals surface area contributed by atoms with Gasteiger partial charge in [0, 0.05) is 12.0 Å². The zero-order valence-corrected chi connectivity index (χ0v) is 18.8. The standard InChI is InChI=1S/C20H20FN3O6S2/c1-13(2)32(28,29)17-7-3-14(4-8-17)19-23-24-20(30-19)22-18(25)11-12-31(26,27)16-9-5-15(21)6-10-16/h3-10,13H,11-12H2,1-2H3,(H,22,24,25). The monoisotopic (exact) mass is 481 g/mol. The third-order valence-electron chi connectivity index (χ3n) is 4.49. The van der Waals surface area contributed by atoms with Crippen LogP contribution in [-0.4, -0.2) is 43.9 Å². The Morgan fingerprint density at radius 3 is 2.16 bits per heavy atom. The second-order valence-corrected chi connectivity index (χ2v) is 11.7. The van der Waals surface area contributed by atoms with Gasteiger partial charge in [0.15, 0.2) is 19.7 Å². The summed E-state index contributed by atoms with van der Waals surface area (Å²) < 4.78 is 67.1. The lowest BCUT2D eigenvalue weighted by Crippen LogP contribution is -2.17. The van der Waals surface area contributed by atoms with Crippen molar-refractivity contribution in [3.63, 3.8) is 0 Å². The van der Waals surface area contributed by atoms with Gasteiger partial charge in [-0.2, -0.15) is 0 Å². The van der Waals surface area contributed by atoms with Crippen LogP contribution in [0.25, 0.3) is 11.5 Å². The zero-order chi connectivity index (χ0) is 23.5. The molecule has 2 aromatic carbocycles. The average Bonchev–Trinajstić information content (AvgIpc) is 3.21. The minimum absolute atomic E-state index is 0.0488. The molecule has 0 fully saturated rings. The van der Waals surface area contributed by atoms with Crippen molar-refractivity contribution in [3.8, 4) is 11.5 Å². The second-order valence-electron chi connectivity index (χ2n) is 7.10. The number of hydrogen-bond donors (Lipinski definition) is 1. The van der Waals surface area contributed by atoms with Gasteiger partial charge in [0.05, 0.1) is 20.8 Å². The molecule has 0 radical (unpaired) electrons. The minimum Gasteiger partial charge on any atom is -0.403 e. The van der Waals surface area contributed by atoms with Crippen molar-refractivity contribution in [1.82, 2.24) is 10.2 Å². The quantitative estimate of drug-likeness (QED) is 0.485. The lowest BCUT2D eigenvalue weighted by molar-refractivity contribution is -0.115. The van der Waals surface area contributed by atoms with Crippen LogP contribution >= 0.6 is 0 Å². The van der Waals surface area contributed by atoms with Gasteiger partial charge in [0.25, 0.3) is 0 Å². The number of halogens is 1. The highest BCUT2D eigenvalue weighted by Crippen LogP contribution is 2.23. The maximum Gasteiger partial charge on any atom is 0.322 e. The molecule has 0 bridgehead atoms. The number of carbonyl (C=O) groups is 1. The minimum atomic E-state index is -3.77. The molecule has 0 aliphatic carbocycles. The van der Waals surface area contributed by atoms with E-state index in [1.807, 2.05) is 0 Å².